The SMILES string of the molecule is OC(CBr)C(O)c1cc(Cl)cc(Br)c1. The molecule has 5 heteroatoms. The molecule has 2 atom stereocenters. The highest BCUT2D eigenvalue weighted by atomic mass is 79.9. The van der Waals surface area contributed by atoms with Crippen molar-refractivity contribution < 1.29 is 10.2 Å². The number of rotatable bonds is 3. The summed E-state index contributed by atoms with van der Waals surface area (Å²) in [5, 5.41) is 19.9. The lowest BCUT2D eigenvalue weighted by molar-refractivity contribution is 0.0342. The number of aliphatic hydroxyl groups is 2. The molecule has 0 saturated carbocycles. The molecule has 78 valence electrons. The molecule has 1 rings (SSSR count). The van der Waals surface area contributed by atoms with Gasteiger partial charge < -0.3 is 10.2 Å². The Morgan fingerprint density at radius 2 is 1.93 bits per heavy atom. The van der Waals surface area contributed by atoms with Gasteiger partial charge in [-0.25, -0.2) is 0 Å². The molecule has 14 heavy (non-hydrogen) atoms. The van der Waals surface area contributed by atoms with Gasteiger partial charge in [0.2, 0.25) is 0 Å². The van der Waals surface area contributed by atoms with Gasteiger partial charge in [0.05, 0.1) is 6.10 Å². The fourth-order valence-corrected chi connectivity index (χ4v) is 2.29. The Kier molecular flexibility index (Phi) is 4.87. The summed E-state index contributed by atoms with van der Waals surface area (Å²) in [6, 6.07) is 5.07. The van der Waals surface area contributed by atoms with E-state index in [1.54, 1.807) is 18.2 Å². The molecule has 0 heterocycles. The minimum Gasteiger partial charge on any atom is -0.389 e. The molecule has 2 unspecified atom stereocenters. The van der Waals surface area contributed by atoms with E-state index in [0.717, 1.165) is 4.47 Å². The number of hydrogen-bond acceptors (Lipinski definition) is 2. The van der Waals surface area contributed by atoms with Crippen LogP contribution in [0, 0.1) is 0 Å². The van der Waals surface area contributed by atoms with Gasteiger partial charge in [-0.1, -0.05) is 43.5 Å². The van der Waals surface area contributed by atoms with Crippen LogP contribution in [0.25, 0.3) is 0 Å². The van der Waals surface area contributed by atoms with Gasteiger partial charge >= 0.3 is 0 Å². The zero-order valence-electron chi connectivity index (χ0n) is 7.12. The first-order valence-corrected chi connectivity index (χ1v) is 6.22. The number of halogens is 3. The quantitative estimate of drug-likeness (QED) is 0.828. The summed E-state index contributed by atoms with van der Waals surface area (Å²) in [5.74, 6) is 0. The average Bonchev–Trinajstić information content (AvgIpc) is 2.14. The van der Waals surface area contributed by atoms with E-state index in [4.69, 9.17) is 11.6 Å². The number of benzene rings is 1. The Morgan fingerprint density at radius 1 is 1.29 bits per heavy atom. The maximum absolute atomic E-state index is 9.68. The summed E-state index contributed by atoms with van der Waals surface area (Å²) in [5.41, 5.74) is 0.594. The smallest absolute Gasteiger partial charge is 0.106 e. The summed E-state index contributed by atoms with van der Waals surface area (Å²) in [7, 11) is 0. The van der Waals surface area contributed by atoms with Crippen molar-refractivity contribution in [2.24, 2.45) is 0 Å². The summed E-state index contributed by atoms with van der Waals surface area (Å²) in [6.45, 7) is 0. The predicted molar refractivity (Wildman–Crippen MR) is 63.9 cm³/mol. The third kappa shape index (κ3) is 3.21. The van der Waals surface area contributed by atoms with Gasteiger partial charge in [0, 0.05) is 14.8 Å². The lowest BCUT2D eigenvalue weighted by Crippen LogP contribution is -2.19. The van der Waals surface area contributed by atoms with Crippen molar-refractivity contribution in [3.63, 3.8) is 0 Å². The Labute approximate surface area is 104 Å². The fourth-order valence-electron chi connectivity index (χ4n) is 1.05. The molecule has 0 fully saturated rings. The van der Waals surface area contributed by atoms with E-state index in [1.165, 1.54) is 0 Å². The maximum Gasteiger partial charge on any atom is 0.106 e. The van der Waals surface area contributed by atoms with Crippen molar-refractivity contribution in [3.05, 3.63) is 33.3 Å². The fraction of sp³-hybridized carbons (Fsp3) is 0.333. The van der Waals surface area contributed by atoms with Gasteiger partial charge in [0.25, 0.3) is 0 Å². The van der Waals surface area contributed by atoms with Gasteiger partial charge in [-0.05, 0) is 23.8 Å². The average molecular weight is 344 g/mol. The van der Waals surface area contributed by atoms with Crippen molar-refractivity contribution in [3.8, 4) is 0 Å². The maximum atomic E-state index is 9.68. The van der Waals surface area contributed by atoms with Crippen LogP contribution >= 0.6 is 43.5 Å². The number of alkyl halides is 1. The molecule has 0 aliphatic carbocycles. The number of hydrogen-bond donors (Lipinski definition) is 2. The van der Waals surface area contributed by atoms with E-state index in [9.17, 15) is 10.2 Å². The first-order chi connectivity index (χ1) is 6.54. The van der Waals surface area contributed by atoms with Crippen LogP contribution < -0.4 is 0 Å². The first kappa shape index (κ1) is 12.5. The van der Waals surface area contributed by atoms with Crippen molar-refractivity contribution >= 4 is 43.5 Å². The van der Waals surface area contributed by atoms with Crippen LogP contribution in [0.3, 0.4) is 0 Å². The van der Waals surface area contributed by atoms with E-state index in [2.05, 4.69) is 31.9 Å². The molecular formula is C9H9Br2ClO2. The second-order valence-corrected chi connectivity index (χ2v) is 4.87. The van der Waals surface area contributed by atoms with Gasteiger partial charge in [0.15, 0.2) is 0 Å². The molecule has 0 amide bonds. The monoisotopic (exact) mass is 342 g/mol. The predicted octanol–water partition coefficient (Wildman–Crippen LogP) is 2.89. The highest BCUT2D eigenvalue weighted by Crippen LogP contribution is 2.26. The molecule has 0 aliphatic rings. The minimum absolute atomic E-state index is 0.318. The van der Waals surface area contributed by atoms with Crippen LogP contribution in [0.15, 0.2) is 22.7 Å². The zero-order valence-corrected chi connectivity index (χ0v) is 11.1. The van der Waals surface area contributed by atoms with Crippen LogP contribution in [0.2, 0.25) is 5.02 Å². The largest absolute Gasteiger partial charge is 0.389 e. The van der Waals surface area contributed by atoms with Crippen molar-refractivity contribution in [1.82, 2.24) is 0 Å². The van der Waals surface area contributed by atoms with Crippen molar-refractivity contribution in [2.45, 2.75) is 12.2 Å². The molecule has 2 N–H and O–H groups in total. The molecule has 1 aromatic carbocycles. The molecule has 0 aliphatic heterocycles. The van der Waals surface area contributed by atoms with E-state index in [0.29, 0.717) is 15.9 Å². The molecule has 2 nitrogen and oxygen atoms in total. The topological polar surface area (TPSA) is 40.5 Å². The van der Waals surface area contributed by atoms with Crippen LogP contribution in [0.4, 0.5) is 0 Å². The van der Waals surface area contributed by atoms with Crippen LogP contribution in [-0.4, -0.2) is 21.6 Å². The van der Waals surface area contributed by atoms with E-state index in [-0.39, 0.29) is 0 Å². The van der Waals surface area contributed by atoms with Gasteiger partial charge in [-0.15, -0.1) is 0 Å². The van der Waals surface area contributed by atoms with Gasteiger partial charge in [-0.2, -0.15) is 0 Å². The van der Waals surface area contributed by atoms with E-state index in [1.807, 2.05) is 0 Å². The molecule has 0 aromatic heterocycles. The lowest BCUT2D eigenvalue weighted by atomic mass is 10.1. The molecule has 0 radical (unpaired) electrons. The highest BCUT2D eigenvalue weighted by molar-refractivity contribution is 9.10. The highest BCUT2D eigenvalue weighted by Gasteiger charge is 2.17. The summed E-state index contributed by atoms with van der Waals surface area (Å²) >= 11 is 12.2. The Balaban J connectivity index is 2.94. The van der Waals surface area contributed by atoms with Gasteiger partial charge in [0.1, 0.15) is 6.10 Å². The Hall–Kier alpha value is 0.390. The number of aliphatic hydroxyl groups excluding tert-OH is 2. The normalized spacial score (nSPS) is 15.2. The molecular weight excluding hydrogens is 335 g/mol. The first-order valence-electron chi connectivity index (χ1n) is 3.92. The minimum atomic E-state index is -0.927. The van der Waals surface area contributed by atoms with E-state index < -0.39 is 12.2 Å². The van der Waals surface area contributed by atoms with Crippen LogP contribution in [0.1, 0.15) is 11.7 Å². The van der Waals surface area contributed by atoms with Gasteiger partial charge in [-0.3, -0.25) is 0 Å². The standard InChI is InChI=1S/C9H9Br2ClO2/c10-4-8(13)9(14)5-1-6(11)3-7(12)2-5/h1-3,8-9,13-14H,4H2. The summed E-state index contributed by atoms with van der Waals surface area (Å²) in [4.78, 5) is 0. The molecule has 0 bridgehead atoms. The summed E-state index contributed by atoms with van der Waals surface area (Å²) < 4.78 is 0.779. The third-order valence-corrected chi connectivity index (χ3v) is 3.09. The van der Waals surface area contributed by atoms with Crippen molar-refractivity contribution in [1.29, 1.82) is 0 Å². The third-order valence-electron chi connectivity index (χ3n) is 1.75. The van der Waals surface area contributed by atoms with Crippen LogP contribution in [0.5, 0.6) is 0 Å². The molecule has 1 aromatic rings. The van der Waals surface area contributed by atoms with Crippen LogP contribution in [-0.2, 0) is 0 Å². The lowest BCUT2D eigenvalue weighted by Gasteiger charge is -2.16. The second-order valence-electron chi connectivity index (χ2n) is 2.87. The summed E-state index contributed by atoms with van der Waals surface area (Å²) in [6.07, 6.45) is -1.76. The zero-order chi connectivity index (χ0) is 10.7. The molecule has 0 saturated heterocycles. The second kappa shape index (κ2) is 5.47. The molecule has 0 spiro atoms. The Morgan fingerprint density at radius 3 is 2.43 bits per heavy atom. The Bertz CT molecular complexity index is 299. The van der Waals surface area contributed by atoms with E-state index >= 15 is 0 Å². The van der Waals surface area contributed by atoms with Crippen molar-refractivity contribution in [2.75, 3.05) is 5.33 Å².